The van der Waals surface area contributed by atoms with E-state index in [-0.39, 0.29) is 11.9 Å². The molecular formula is C23H21N3O5. The summed E-state index contributed by atoms with van der Waals surface area (Å²) >= 11 is 0. The number of hydrogen-bond donors (Lipinski definition) is 1. The van der Waals surface area contributed by atoms with Crippen LogP contribution in [0.3, 0.4) is 0 Å². The number of rotatable bonds is 8. The third-order valence-electron chi connectivity index (χ3n) is 4.26. The van der Waals surface area contributed by atoms with Gasteiger partial charge in [-0.15, -0.1) is 0 Å². The van der Waals surface area contributed by atoms with Crippen molar-refractivity contribution in [3.8, 4) is 11.5 Å². The van der Waals surface area contributed by atoms with Crippen LogP contribution in [0.4, 0.5) is 0 Å². The van der Waals surface area contributed by atoms with Crippen molar-refractivity contribution in [2.75, 3.05) is 14.2 Å². The molecule has 0 aliphatic rings. The van der Waals surface area contributed by atoms with E-state index in [1.54, 1.807) is 67.9 Å². The molecule has 8 nitrogen and oxygen atoms in total. The average Bonchev–Trinajstić information content (AvgIpc) is 2.83. The minimum Gasteiger partial charge on any atom is -0.493 e. The second kappa shape index (κ2) is 10.5. The molecule has 158 valence electrons. The third kappa shape index (κ3) is 5.89. The van der Waals surface area contributed by atoms with Crippen LogP contribution >= 0.6 is 0 Å². The Kier molecular flexibility index (Phi) is 7.31. The molecule has 0 radical (unpaired) electrons. The number of benzene rings is 2. The van der Waals surface area contributed by atoms with Crippen molar-refractivity contribution in [3.05, 3.63) is 89.2 Å². The highest BCUT2D eigenvalue weighted by Crippen LogP contribution is 2.28. The van der Waals surface area contributed by atoms with Crippen molar-refractivity contribution in [1.82, 2.24) is 10.4 Å². The molecule has 2 aromatic carbocycles. The van der Waals surface area contributed by atoms with Gasteiger partial charge in [-0.05, 0) is 53.6 Å². The normalized spacial score (nSPS) is 10.5. The van der Waals surface area contributed by atoms with E-state index in [0.717, 1.165) is 11.1 Å². The molecular weight excluding hydrogens is 398 g/mol. The molecule has 0 fully saturated rings. The van der Waals surface area contributed by atoms with Crippen LogP contribution in [0.1, 0.15) is 31.8 Å². The molecule has 31 heavy (non-hydrogen) atoms. The van der Waals surface area contributed by atoms with Crippen LogP contribution in [-0.4, -0.2) is 37.3 Å². The summed E-state index contributed by atoms with van der Waals surface area (Å²) in [5.41, 5.74) is 4.95. The molecule has 8 heteroatoms. The van der Waals surface area contributed by atoms with Crippen LogP contribution in [0.5, 0.6) is 11.5 Å². The van der Waals surface area contributed by atoms with Gasteiger partial charge in [-0.25, -0.2) is 10.2 Å². The number of amides is 1. The van der Waals surface area contributed by atoms with E-state index < -0.39 is 0 Å². The summed E-state index contributed by atoms with van der Waals surface area (Å²) in [6.07, 6.45) is 4.56. The first-order valence-electron chi connectivity index (χ1n) is 9.32. The van der Waals surface area contributed by atoms with E-state index >= 15 is 0 Å². The molecule has 0 spiro atoms. The Balaban J connectivity index is 1.60. The molecule has 1 N–H and O–H groups in total. The fourth-order valence-electron chi connectivity index (χ4n) is 2.63. The molecule has 0 unspecified atom stereocenters. The first-order valence-corrected chi connectivity index (χ1v) is 9.32. The van der Waals surface area contributed by atoms with E-state index in [2.05, 4.69) is 20.2 Å². The summed E-state index contributed by atoms with van der Waals surface area (Å²) in [5, 5.41) is 3.96. The lowest BCUT2D eigenvalue weighted by Gasteiger charge is -2.11. The van der Waals surface area contributed by atoms with Crippen LogP contribution in [-0.2, 0) is 11.3 Å². The Bertz CT molecular complexity index is 1070. The molecule has 0 aliphatic heterocycles. The van der Waals surface area contributed by atoms with Gasteiger partial charge in [0.1, 0.15) is 6.61 Å². The fraction of sp³-hybridized carbons (Fsp3) is 0.130. The van der Waals surface area contributed by atoms with Gasteiger partial charge >= 0.3 is 5.97 Å². The van der Waals surface area contributed by atoms with Crippen LogP contribution in [0, 0.1) is 0 Å². The molecule has 3 rings (SSSR count). The number of carbonyl (C=O) groups excluding carboxylic acids is 2. The second-order valence-corrected chi connectivity index (χ2v) is 6.33. The number of methoxy groups -OCH3 is 2. The molecule has 1 heterocycles. The van der Waals surface area contributed by atoms with E-state index in [4.69, 9.17) is 9.47 Å². The number of carbonyl (C=O) groups is 2. The predicted octanol–water partition coefficient (Wildman–Crippen LogP) is 3.22. The quantitative estimate of drug-likeness (QED) is 0.342. The zero-order valence-corrected chi connectivity index (χ0v) is 17.1. The topological polar surface area (TPSA) is 99.1 Å². The lowest BCUT2D eigenvalue weighted by molar-refractivity contribution is 0.0600. The summed E-state index contributed by atoms with van der Waals surface area (Å²) in [6, 6.07) is 15.6. The highest BCUT2D eigenvalue weighted by Gasteiger charge is 2.08. The van der Waals surface area contributed by atoms with Crippen molar-refractivity contribution < 1.29 is 23.8 Å². The van der Waals surface area contributed by atoms with E-state index in [9.17, 15) is 9.59 Å². The summed E-state index contributed by atoms with van der Waals surface area (Å²) in [6.45, 7) is 0.298. The maximum Gasteiger partial charge on any atom is 0.337 e. The SMILES string of the molecule is COC(=O)c1ccc(COc2ccc(/C=N\NC(=O)c3cccnc3)cc2OC)cc1. The highest BCUT2D eigenvalue weighted by atomic mass is 16.5. The Morgan fingerprint density at radius 1 is 1.03 bits per heavy atom. The van der Waals surface area contributed by atoms with Gasteiger partial charge < -0.3 is 14.2 Å². The van der Waals surface area contributed by atoms with Gasteiger partial charge in [0.05, 0.1) is 31.6 Å². The lowest BCUT2D eigenvalue weighted by Crippen LogP contribution is -2.17. The molecule has 3 aromatic rings. The van der Waals surface area contributed by atoms with E-state index in [1.165, 1.54) is 19.5 Å². The van der Waals surface area contributed by atoms with Crippen molar-refractivity contribution >= 4 is 18.1 Å². The minimum atomic E-state index is -0.386. The monoisotopic (exact) mass is 419 g/mol. The van der Waals surface area contributed by atoms with E-state index in [1.807, 2.05) is 0 Å². The van der Waals surface area contributed by atoms with Crippen molar-refractivity contribution in [1.29, 1.82) is 0 Å². The zero-order valence-electron chi connectivity index (χ0n) is 17.1. The summed E-state index contributed by atoms with van der Waals surface area (Å²) < 4.78 is 15.9. The van der Waals surface area contributed by atoms with Crippen LogP contribution in [0.15, 0.2) is 72.1 Å². The maximum absolute atomic E-state index is 12.0. The molecule has 1 aromatic heterocycles. The van der Waals surface area contributed by atoms with Crippen LogP contribution in [0.2, 0.25) is 0 Å². The van der Waals surface area contributed by atoms with Crippen molar-refractivity contribution in [3.63, 3.8) is 0 Å². The van der Waals surface area contributed by atoms with Gasteiger partial charge in [-0.3, -0.25) is 9.78 Å². The predicted molar refractivity (Wildman–Crippen MR) is 114 cm³/mol. The van der Waals surface area contributed by atoms with Crippen LogP contribution < -0.4 is 14.9 Å². The Morgan fingerprint density at radius 2 is 1.84 bits per heavy atom. The van der Waals surface area contributed by atoms with Gasteiger partial charge in [0.25, 0.3) is 5.91 Å². The molecule has 1 amide bonds. The van der Waals surface area contributed by atoms with Gasteiger partial charge in [0.2, 0.25) is 0 Å². The second-order valence-electron chi connectivity index (χ2n) is 6.33. The Hall–Kier alpha value is -4.20. The summed E-state index contributed by atoms with van der Waals surface area (Å²) in [4.78, 5) is 27.4. The summed E-state index contributed by atoms with van der Waals surface area (Å²) in [5.74, 6) is 0.335. The number of pyridine rings is 1. The van der Waals surface area contributed by atoms with Gasteiger partial charge in [0, 0.05) is 12.4 Å². The number of nitrogens with one attached hydrogen (secondary N) is 1. The van der Waals surface area contributed by atoms with Crippen molar-refractivity contribution in [2.45, 2.75) is 6.61 Å². The number of hydrazone groups is 1. The number of hydrogen-bond acceptors (Lipinski definition) is 7. The number of esters is 1. The van der Waals surface area contributed by atoms with E-state index in [0.29, 0.717) is 29.2 Å². The zero-order chi connectivity index (χ0) is 22.1. The first kappa shape index (κ1) is 21.5. The molecule has 0 atom stereocenters. The fourth-order valence-corrected chi connectivity index (χ4v) is 2.63. The number of nitrogens with zero attached hydrogens (tertiary/aromatic N) is 2. The molecule has 0 saturated carbocycles. The standard InChI is InChI=1S/C23H21N3O5/c1-29-21-12-17(13-25-26-22(27)19-4-3-11-24-14-19)7-10-20(21)31-15-16-5-8-18(9-6-16)23(28)30-2/h3-14H,15H2,1-2H3,(H,26,27)/b25-13-. The van der Waals surface area contributed by atoms with Gasteiger partial charge in [0.15, 0.2) is 11.5 Å². The van der Waals surface area contributed by atoms with Gasteiger partial charge in [-0.2, -0.15) is 5.10 Å². The first-order chi connectivity index (χ1) is 15.1. The Morgan fingerprint density at radius 3 is 2.52 bits per heavy atom. The molecule has 0 saturated heterocycles. The maximum atomic E-state index is 12.0. The van der Waals surface area contributed by atoms with Crippen molar-refractivity contribution in [2.24, 2.45) is 5.10 Å². The lowest BCUT2D eigenvalue weighted by atomic mass is 10.1. The average molecular weight is 419 g/mol. The number of ether oxygens (including phenoxy) is 3. The summed E-state index contributed by atoms with van der Waals surface area (Å²) in [7, 11) is 2.88. The highest BCUT2D eigenvalue weighted by molar-refractivity contribution is 5.94. The largest absolute Gasteiger partial charge is 0.493 e. The molecule has 0 bridgehead atoms. The minimum absolute atomic E-state index is 0.298. The smallest absolute Gasteiger partial charge is 0.337 e. The molecule has 0 aliphatic carbocycles. The third-order valence-corrected chi connectivity index (χ3v) is 4.26. The van der Waals surface area contributed by atoms with Crippen LogP contribution in [0.25, 0.3) is 0 Å². The Labute approximate surface area is 179 Å². The number of aromatic nitrogens is 1. The van der Waals surface area contributed by atoms with Gasteiger partial charge in [-0.1, -0.05) is 12.1 Å².